The molecule has 0 heterocycles. The van der Waals surface area contributed by atoms with E-state index in [0.29, 0.717) is 5.56 Å². The molecule has 2 aromatic rings. The summed E-state index contributed by atoms with van der Waals surface area (Å²) in [5.41, 5.74) is 3.77. The highest BCUT2D eigenvalue weighted by molar-refractivity contribution is 5.69. The molecular weight excluding hydrogens is 253 g/mol. The zero-order valence-corrected chi connectivity index (χ0v) is 10.6. The van der Waals surface area contributed by atoms with Gasteiger partial charge in [-0.15, -0.1) is 13.2 Å². The van der Waals surface area contributed by atoms with E-state index < -0.39 is 6.36 Å². The van der Waals surface area contributed by atoms with Gasteiger partial charge in [0.1, 0.15) is 5.75 Å². The first-order valence-electron chi connectivity index (χ1n) is 5.79. The van der Waals surface area contributed by atoms with Crippen LogP contribution >= 0.6 is 0 Å². The highest BCUT2D eigenvalue weighted by Crippen LogP contribution is 2.30. The molecule has 0 saturated heterocycles. The lowest BCUT2D eigenvalue weighted by Gasteiger charge is -2.12. The largest absolute Gasteiger partial charge is 0.573 e. The average Bonchev–Trinajstić information content (AvgIpc) is 2.31. The number of halogens is 3. The molecule has 0 spiro atoms. The van der Waals surface area contributed by atoms with Crippen molar-refractivity contribution < 1.29 is 17.9 Å². The Morgan fingerprint density at radius 3 is 2.32 bits per heavy atom. The van der Waals surface area contributed by atoms with Crippen molar-refractivity contribution in [3.8, 4) is 16.9 Å². The van der Waals surface area contributed by atoms with E-state index in [-0.39, 0.29) is 5.75 Å². The van der Waals surface area contributed by atoms with E-state index in [1.54, 1.807) is 12.1 Å². The standard InChI is InChI=1S/C15H13F3O/c1-10-5-3-8-14(11(10)2)12-6-4-7-13(9-12)19-15(16,17)18/h3-9H,1-2H3. The minimum absolute atomic E-state index is 0.203. The molecule has 0 aliphatic carbocycles. The molecule has 0 aliphatic rings. The highest BCUT2D eigenvalue weighted by Gasteiger charge is 2.31. The number of benzene rings is 2. The number of hydrogen-bond acceptors (Lipinski definition) is 1. The summed E-state index contributed by atoms with van der Waals surface area (Å²) >= 11 is 0. The quantitative estimate of drug-likeness (QED) is 0.753. The second-order valence-electron chi connectivity index (χ2n) is 4.32. The molecule has 0 aromatic heterocycles. The first-order valence-corrected chi connectivity index (χ1v) is 5.79. The van der Waals surface area contributed by atoms with Gasteiger partial charge in [0, 0.05) is 0 Å². The van der Waals surface area contributed by atoms with Gasteiger partial charge in [0.15, 0.2) is 0 Å². The maximum atomic E-state index is 12.2. The Balaban J connectivity index is 2.41. The Labute approximate surface area is 109 Å². The van der Waals surface area contributed by atoms with Crippen LogP contribution in [0.5, 0.6) is 5.75 Å². The highest BCUT2D eigenvalue weighted by atomic mass is 19.4. The summed E-state index contributed by atoms with van der Waals surface area (Å²) in [5.74, 6) is -0.203. The van der Waals surface area contributed by atoms with Crippen LogP contribution in [-0.4, -0.2) is 6.36 Å². The number of aryl methyl sites for hydroxylation is 1. The van der Waals surface area contributed by atoms with Gasteiger partial charge >= 0.3 is 6.36 Å². The Morgan fingerprint density at radius 1 is 0.947 bits per heavy atom. The summed E-state index contributed by atoms with van der Waals surface area (Å²) in [6, 6.07) is 11.7. The molecule has 0 fully saturated rings. The second kappa shape index (κ2) is 4.96. The molecular formula is C15H13F3O. The minimum atomic E-state index is -4.67. The molecule has 19 heavy (non-hydrogen) atoms. The smallest absolute Gasteiger partial charge is 0.406 e. The molecule has 0 aliphatic heterocycles. The molecule has 2 rings (SSSR count). The molecule has 0 atom stereocenters. The van der Waals surface area contributed by atoms with E-state index in [2.05, 4.69) is 4.74 Å². The predicted octanol–water partition coefficient (Wildman–Crippen LogP) is 4.87. The molecule has 2 aromatic carbocycles. The minimum Gasteiger partial charge on any atom is -0.406 e. The molecule has 100 valence electrons. The number of alkyl halides is 3. The third-order valence-electron chi connectivity index (χ3n) is 2.98. The molecule has 1 nitrogen and oxygen atoms in total. The van der Waals surface area contributed by atoms with Gasteiger partial charge in [0.05, 0.1) is 0 Å². The van der Waals surface area contributed by atoms with Gasteiger partial charge < -0.3 is 4.74 Å². The van der Waals surface area contributed by atoms with Crippen LogP contribution in [0.3, 0.4) is 0 Å². The van der Waals surface area contributed by atoms with Crippen molar-refractivity contribution >= 4 is 0 Å². The molecule has 0 bridgehead atoms. The van der Waals surface area contributed by atoms with E-state index in [4.69, 9.17) is 0 Å². The summed E-state index contributed by atoms with van der Waals surface area (Å²) in [6.07, 6.45) is -4.67. The summed E-state index contributed by atoms with van der Waals surface area (Å²) in [7, 11) is 0. The van der Waals surface area contributed by atoms with Crippen LogP contribution in [0.25, 0.3) is 11.1 Å². The first-order chi connectivity index (χ1) is 8.87. The van der Waals surface area contributed by atoms with Gasteiger partial charge in [-0.3, -0.25) is 0 Å². The van der Waals surface area contributed by atoms with Crippen molar-refractivity contribution in [1.82, 2.24) is 0 Å². The lowest BCUT2D eigenvalue weighted by Crippen LogP contribution is -2.17. The summed E-state index contributed by atoms with van der Waals surface area (Å²) in [5, 5.41) is 0. The topological polar surface area (TPSA) is 9.23 Å². The van der Waals surface area contributed by atoms with Crippen LogP contribution in [0.15, 0.2) is 42.5 Å². The van der Waals surface area contributed by atoms with E-state index in [0.717, 1.165) is 16.7 Å². The van der Waals surface area contributed by atoms with Gasteiger partial charge in [0.2, 0.25) is 0 Å². The molecule has 0 radical (unpaired) electrons. The zero-order chi connectivity index (χ0) is 14.0. The SMILES string of the molecule is Cc1cccc(-c2cccc(OC(F)(F)F)c2)c1C. The number of ether oxygens (including phenoxy) is 1. The van der Waals surface area contributed by atoms with Crippen LogP contribution in [-0.2, 0) is 0 Å². The fourth-order valence-corrected chi connectivity index (χ4v) is 1.92. The van der Waals surface area contributed by atoms with Crippen molar-refractivity contribution in [3.05, 3.63) is 53.6 Å². The summed E-state index contributed by atoms with van der Waals surface area (Å²) < 4.78 is 40.5. The second-order valence-corrected chi connectivity index (χ2v) is 4.32. The van der Waals surface area contributed by atoms with Crippen LogP contribution in [0.2, 0.25) is 0 Å². The Kier molecular flexibility index (Phi) is 3.51. The van der Waals surface area contributed by atoms with E-state index in [1.165, 1.54) is 12.1 Å². The Bertz CT molecular complexity index is 588. The third kappa shape index (κ3) is 3.28. The normalized spacial score (nSPS) is 11.4. The average molecular weight is 266 g/mol. The van der Waals surface area contributed by atoms with Gasteiger partial charge in [0.25, 0.3) is 0 Å². The van der Waals surface area contributed by atoms with Gasteiger partial charge in [-0.2, -0.15) is 0 Å². The van der Waals surface area contributed by atoms with Crippen molar-refractivity contribution in [1.29, 1.82) is 0 Å². The predicted molar refractivity (Wildman–Crippen MR) is 68.0 cm³/mol. The van der Waals surface area contributed by atoms with Crippen molar-refractivity contribution in [2.24, 2.45) is 0 Å². The summed E-state index contributed by atoms with van der Waals surface area (Å²) in [6.45, 7) is 3.91. The maximum Gasteiger partial charge on any atom is 0.573 e. The zero-order valence-electron chi connectivity index (χ0n) is 10.6. The van der Waals surface area contributed by atoms with Crippen LogP contribution in [0.4, 0.5) is 13.2 Å². The Hall–Kier alpha value is -1.97. The van der Waals surface area contributed by atoms with E-state index in [1.807, 2.05) is 32.0 Å². The van der Waals surface area contributed by atoms with Crippen molar-refractivity contribution in [2.45, 2.75) is 20.2 Å². The maximum absolute atomic E-state index is 12.2. The lowest BCUT2D eigenvalue weighted by molar-refractivity contribution is -0.274. The van der Waals surface area contributed by atoms with Crippen LogP contribution in [0.1, 0.15) is 11.1 Å². The van der Waals surface area contributed by atoms with Gasteiger partial charge in [-0.25, -0.2) is 0 Å². The lowest BCUT2D eigenvalue weighted by atomic mass is 9.97. The van der Waals surface area contributed by atoms with E-state index >= 15 is 0 Å². The molecule has 0 N–H and O–H groups in total. The Morgan fingerprint density at radius 2 is 1.63 bits per heavy atom. The molecule has 0 amide bonds. The molecule has 0 saturated carbocycles. The third-order valence-corrected chi connectivity index (χ3v) is 2.98. The fourth-order valence-electron chi connectivity index (χ4n) is 1.92. The summed E-state index contributed by atoms with van der Waals surface area (Å²) in [4.78, 5) is 0. The first kappa shape index (κ1) is 13.5. The fraction of sp³-hybridized carbons (Fsp3) is 0.200. The van der Waals surface area contributed by atoms with Gasteiger partial charge in [-0.1, -0.05) is 30.3 Å². The number of rotatable bonds is 2. The van der Waals surface area contributed by atoms with E-state index in [9.17, 15) is 13.2 Å². The van der Waals surface area contributed by atoms with Crippen molar-refractivity contribution in [3.63, 3.8) is 0 Å². The monoisotopic (exact) mass is 266 g/mol. The molecule has 4 heteroatoms. The van der Waals surface area contributed by atoms with Gasteiger partial charge in [-0.05, 0) is 48.2 Å². The van der Waals surface area contributed by atoms with Crippen LogP contribution in [0, 0.1) is 13.8 Å². The van der Waals surface area contributed by atoms with Crippen LogP contribution < -0.4 is 4.74 Å². The van der Waals surface area contributed by atoms with Crippen molar-refractivity contribution in [2.75, 3.05) is 0 Å². The molecule has 0 unspecified atom stereocenters. The number of hydrogen-bond donors (Lipinski definition) is 0.